The normalized spacial score (nSPS) is 17.5. The number of hydrogen-bond acceptors (Lipinski definition) is 0. The second-order valence-electron chi connectivity index (χ2n) is 6.78. The van der Waals surface area contributed by atoms with Gasteiger partial charge >= 0.3 is 113 Å². The van der Waals surface area contributed by atoms with Gasteiger partial charge in [-0.15, -0.1) is 0 Å². The molecule has 17 heavy (non-hydrogen) atoms. The summed E-state index contributed by atoms with van der Waals surface area (Å²) in [7, 11) is 0. The monoisotopic (exact) mass is 345 g/mol. The van der Waals surface area contributed by atoms with Crippen LogP contribution in [0.5, 0.6) is 0 Å². The van der Waals surface area contributed by atoms with E-state index < -0.39 is 19.6 Å². The van der Waals surface area contributed by atoms with E-state index in [1.807, 2.05) is 7.24 Å². The summed E-state index contributed by atoms with van der Waals surface area (Å²) in [6.45, 7) is 14.2. The molecular weight excluding hydrogens is 320 g/mol. The molecule has 0 radical (unpaired) electrons. The molecule has 92 valence electrons. The molecule has 0 amide bonds. The third kappa shape index (κ3) is 2.61. The van der Waals surface area contributed by atoms with Crippen LogP contribution in [0, 0.1) is 10.8 Å². The van der Waals surface area contributed by atoms with Crippen molar-refractivity contribution in [1.29, 1.82) is 0 Å². The zero-order valence-electron chi connectivity index (χ0n) is 11.8. The summed E-state index contributed by atoms with van der Waals surface area (Å²) < 4.78 is 5.27. The summed E-state index contributed by atoms with van der Waals surface area (Å²) in [4.78, 5) is 0. The topological polar surface area (TPSA) is 0 Å². The van der Waals surface area contributed by atoms with Crippen LogP contribution in [-0.2, 0) is 0 Å². The van der Waals surface area contributed by atoms with Crippen molar-refractivity contribution >= 4 is 23.2 Å². The van der Waals surface area contributed by atoms with Crippen molar-refractivity contribution in [3.8, 4) is 0 Å². The van der Waals surface area contributed by atoms with Crippen LogP contribution in [0.15, 0.2) is 37.6 Å². The van der Waals surface area contributed by atoms with Gasteiger partial charge in [-0.05, 0) is 0 Å². The van der Waals surface area contributed by atoms with Gasteiger partial charge in [-0.2, -0.15) is 0 Å². The minimum absolute atomic E-state index is 0.370. The Morgan fingerprint density at radius 3 is 1.47 bits per heavy atom. The molecule has 0 saturated heterocycles. The van der Waals surface area contributed by atoms with Gasteiger partial charge in [0.05, 0.1) is 0 Å². The van der Waals surface area contributed by atoms with Crippen molar-refractivity contribution in [2.45, 2.75) is 41.5 Å². The zero-order valence-corrected chi connectivity index (χ0v) is 14.1. The van der Waals surface area contributed by atoms with Gasteiger partial charge in [0.1, 0.15) is 0 Å². The Hall–Kier alpha value is -0.250. The Morgan fingerprint density at radius 2 is 1.12 bits per heavy atom. The van der Waals surface area contributed by atoms with Gasteiger partial charge in [-0.3, -0.25) is 0 Å². The molecule has 1 aliphatic heterocycles. The maximum absolute atomic E-state index is 2.37. The molecule has 0 N–H and O–H groups in total. The van der Waals surface area contributed by atoms with Crippen LogP contribution in [0.2, 0.25) is 0 Å². The number of hydrogen-bond donors (Lipinski definition) is 0. The van der Waals surface area contributed by atoms with E-state index in [1.165, 1.54) is 0 Å². The molecule has 0 aliphatic carbocycles. The Labute approximate surface area is 113 Å². The van der Waals surface area contributed by atoms with Crippen molar-refractivity contribution in [2.75, 3.05) is 0 Å². The standard InChI is InChI=1S/C16H23Te/c1-15(2,3)13-14(16(4,5)6)17(13)12-10-8-7-9-11-12/h7-11H,1-6H3/q+1. The van der Waals surface area contributed by atoms with Gasteiger partial charge in [0.25, 0.3) is 0 Å². The summed E-state index contributed by atoms with van der Waals surface area (Å²) in [5.41, 5.74) is 0.741. The maximum atomic E-state index is 2.37. The minimum atomic E-state index is -1.27. The average Bonchev–Trinajstić information content (AvgIpc) is 2.92. The Bertz CT molecular complexity index is 417. The van der Waals surface area contributed by atoms with Crippen LogP contribution in [0.4, 0.5) is 0 Å². The van der Waals surface area contributed by atoms with Crippen LogP contribution < -0.4 is 3.61 Å². The summed E-state index contributed by atoms with van der Waals surface area (Å²) in [5, 5.41) is 0. The molecule has 0 fully saturated rings. The first-order valence-electron chi connectivity index (χ1n) is 6.27. The first-order chi connectivity index (χ1) is 7.73. The third-order valence-corrected chi connectivity index (χ3v) is 11.4. The molecule has 2 rings (SSSR count). The first kappa shape index (κ1) is 13.2. The van der Waals surface area contributed by atoms with Crippen molar-refractivity contribution in [3.05, 3.63) is 37.6 Å². The fourth-order valence-corrected chi connectivity index (χ4v) is 11.7. The van der Waals surface area contributed by atoms with Crippen molar-refractivity contribution in [2.24, 2.45) is 10.8 Å². The molecule has 0 aromatic heterocycles. The molecule has 1 aromatic rings. The van der Waals surface area contributed by atoms with E-state index in [-0.39, 0.29) is 0 Å². The molecule has 0 spiro atoms. The fraction of sp³-hybridized carbons (Fsp3) is 0.500. The predicted octanol–water partition coefficient (Wildman–Crippen LogP) is 3.87. The van der Waals surface area contributed by atoms with Crippen LogP contribution >= 0.6 is 0 Å². The van der Waals surface area contributed by atoms with Crippen LogP contribution in [0.3, 0.4) is 0 Å². The summed E-state index contributed by atoms with van der Waals surface area (Å²) in [6.07, 6.45) is 0. The van der Waals surface area contributed by atoms with Gasteiger partial charge in [0.2, 0.25) is 0 Å². The number of rotatable bonds is 1. The van der Waals surface area contributed by atoms with E-state index in [1.54, 1.807) is 3.61 Å². The Balaban J connectivity index is 2.37. The summed E-state index contributed by atoms with van der Waals surface area (Å²) in [5.74, 6) is 0. The predicted molar refractivity (Wildman–Crippen MR) is 77.8 cm³/mol. The second kappa shape index (κ2) is 4.15. The quantitative estimate of drug-likeness (QED) is 0.680. The van der Waals surface area contributed by atoms with E-state index in [9.17, 15) is 0 Å². The molecule has 1 heteroatoms. The fourth-order valence-electron chi connectivity index (χ4n) is 2.23. The first-order valence-corrected chi connectivity index (χ1v) is 9.77. The molecule has 1 heterocycles. The molecule has 0 saturated carbocycles. The third-order valence-electron chi connectivity index (χ3n) is 2.91. The SMILES string of the molecule is CC(C)(C)C1=C(C(C)(C)C)[Te+]1c1ccccc1. The van der Waals surface area contributed by atoms with Gasteiger partial charge in [-0.1, -0.05) is 0 Å². The van der Waals surface area contributed by atoms with Crippen molar-refractivity contribution < 1.29 is 0 Å². The van der Waals surface area contributed by atoms with E-state index in [4.69, 9.17) is 0 Å². The van der Waals surface area contributed by atoms with Crippen LogP contribution in [-0.4, -0.2) is 19.6 Å². The number of allylic oxidation sites excluding steroid dienone is 2. The van der Waals surface area contributed by atoms with Gasteiger partial charge < -0.3 is 0 Å². The second-order valence-corrected chi connectivity index (χ2v) is 12.2. The van der Waals surface area contributed by atoms with E-state index in [0.717, 1.165) is 0 Å². The molecule has 0 unspecified atom stereocenters. The van der Waals surface area contributed by atoms with Gasteiger partial charge in [0, 0.05) is 0 Å². The van der Waals surface area contributed by atoms with E-state index in [0.29, 0.717) is 10.8 Å². The molecule has 0 atom stereocenters. The molecule has 0 bridgehead atoms. The van der Waals surface area contributed by atoms with Crippen LogP contribution in [0.1, 0.15) is 41.5 Å². The zero-order chi connectivity index (χ0) is 12.8. The van der Waals surface area contributed by atoms with Crippen molar-refractivity contribution in [1.82, 2.24) is 0 Å². The Kier molecular flexibility index (Phi) is 3.22. The average molecular weight is 343 g/mol. The van der Waals surface area contributed by atoms with Gasteiger partial charge in [0.15, 0.2) is 0 Å². The Morgan fingerprint density at radius 1 is 0.706 bits per heavy atom. The van der Waals surface area contributed by atoms with Gasteiger partial charge in [-0.25, -0.2) is 0 Å². The van der Waals surface area contributed by atoms with E-state index in [2.05, 4.69) is 71.9 Å². The van der Waals surface area contributed by atoms with E-state index >= 15 is 0 Å². The molecule has 1 aliphatic rings. The van der Waals surface area contributed by atoms with Crippen molar-refractivity contribution in [3.63, 3.8) is 0 Å². The molecular formula is C16H23Te+. The van der Waals surface area contributed by atoms with Crippen LogP contribution in [0.25, 0.3) is 0 Å². The summed E-state index contributed by atoms with van der Waals surface area (Å²) in [6, 6.07) is 11.2. The molecule has 0 nitrogen and oxygen atoms in total. The number of benzene rings is 1. The molecule has 1 aromatic carbocycles. The summed E-state index contributed by atoms with van der Waals surface area (Å²) >= 11 is -1.27.